The molecule has 1 N–H and O–H groups in total. The molecule has 7 heteroatoms. The number of nitrogens with zero attached hydrogens (tertiary/aromatic N) is 1. The Kier molecular flexibility index (Phi) is 4.25. The van der Waals surface area contributed by atoms with E-state index in [9.17, 15) is 23.2 Å². The number of rotatable bonds is 3. The SMILES string of the molecule is CC(NC(=O)C1C(=O)N(C)C(=O)C1C)c1ccc(F)cc1F. The van der Waals surface area contributed by atoms with E-state index in [1.54, 1.807) is 0 Å². The Balaban J connectivity index is 2.15. The van der Waals surface area contributed by atoms with Crippen LogP contribution in [0.5, 0.6) is 0 Å². The van der Waals surface area contributed by atoms with Gasteiger partial charge >= 0.3 is 0 Å². The molecule has 1 aromatic rings. The molecule has 3 amide bonds. The van der Waals surface area contributed by atoms with Crippen molar-refractivity contribution in [2.75, 3.05) is 7.05 Å². The Hall–Kier alpha value is -2.31. The summed E-state index contributed by atoms with van der Waals surface area (Å²) in [6.45, 7) is 3.01. The molecule has 5 nitrogen and oxygen atoms in total. The molecule has 22 heavy (non-hydrogen) atoms. The van der Waals surface area contributed by atoms with Crippen molar-refractivity contribution in [1.29, 1.82) is 0 Å². The van der Waals surface area contributed by atoms with Gasteiger partial charge in [-0.25, -0.2) is 8.78 Å². The lowest BCUT2D eigenvalue weighted by atomic mass is 9.95. The molecule has 1 saturated heterocycles. The maximum Gasteiger partial charge on any atom is 0.242 e. The van der Waals surface area contributed by atoms with E-state index in [0.717, 1.165) is 17.0 Å². The van der Waals surface area contributed by atoms with Crippen molar-refractivity contribution in [3.63, 3.8) is 0 Å². The number of nitrogens with one attached hydrogen (secondary N) is 1. The second-order valence-corrected chi connectivity index (χ2v) is 5.40. The predicted molar refractivity (Wildman–Crippen MR) is 73.3 cm³/mol. The largest absolute Gasteiger partial charge is 0.349 e. The highest BCUT2D eigenvalue weighted by molar-refractivity contribution is 6.14. The van der Waals surface area contributed by atoms with Crippen LogP contribution in [0.2, 0.25) is 0 Å². The van der Waals surface area contributed by atoms with Crippen LogP contribution in [0.3, 0.4) is 0 Å². The van der Waals surface area contributed by atoms with Crippen molar-refractivity contribution in [2.45, 2.75) is 19.9 Å². The average molecular weight is 310 g/mol. The van der Waals surface area contributed by atoms with Crippen LogP contribution in [0.25, 0.3) is 0 Å². The van der Waals surface area contributed by atoms with Crippen LogP contribution >= 0.6 is 0 Å². The number of carbonyl (C=O) groups excluding carboxylic acids is 3. The van der Waals surface area contributed by atoms with Gasteiger partial charge in [-0.3, -0.25) is 19.3 Å². The third-order valence-electron chi connectivity index (χ3n) is 3.89. The van der Waals surface area contributed by atoms with Crippen molar-refractivity contribution in [2.24, 2.45) is 11.8 Å². The number of halogens is 2. The van der Waals surface area contributed by atoms with Crippen LogP contribution in [0.4, 0.5) is 8.78 Å². The van der Waals surface area contributed by atoms with Gasteiger partial charge in [0.15, 0.2) is 0 Å². The third-order valence-corrected chi connectivity index (χ3v) is 3.89. The van der Waals surface area contributed by atoms with Gasteiger partial charge in [-0.15, -0.1) is 0 Å². The summed E-state index contributed by atoms with van der Waals surface area (Å²) in [6, 6.07) is 2.28. The molecule has 0 aromatic heterocycles. The highest BCUT2D eigenvalue weighted by atomic mass is 19.1. The minimum atomic E-state index is -1.12. The number of hydrogen-bond acceptors (Lipinski definition) is 3. The molecule has 2 rings (SSSR count). The van der Waals surface area contributed by atoms with Crippen LogP contribution in [-0.2, 0) is 14.4 Å². The van der Waals surface area contributed by atoms with Gasteiger partial charge in [-0.2, -0.15) is 0 Å². The van der Waals surface area contributed by atoms with Gasteiger partial charge < -0.3 is 5.32 Å². The molecule has 0 spiro atoms. The molecule has 0 bridgehead atoms. The van der Waals surface area contributed by atoms with Crippen LogP contribution in [0.15, 0.2) is 18.2 Å². The van der Waals surface area contributed by atoms with Crippen LogP contribution in [-0.4, -0.2) is 29.7 Å². The van der Waals surface area contributed by atoms with Gasteiger partial charge in [0.05, 0.1) is 12.0 Å². The number of likely N-dealkylation sites (tertiary alicyclic amines) is 1. The van der Waals surface area contributed by atoms with Crippen molar-refractivity contribution in [1.82, 2.24) is 10.2 Å². The van der Waals surface area contributed by atoms with Gasteiger partial charge in [0, 0.05) is 18.7 Å². The van der Waals surface area contributed by atoms with Gasteiger partial charge in [-0.1, -0.05) is 13.0 Å². The summed E-state index contributed by atoms with van der Waals surface area (Å²) in [7, 11) is 1.32. The van der Waals surface area contributed by atoms with Gasteiger partial charge in [0.25, 0.3) is 0 Å². The first-order valence-corrected chi connectivity index (χ1v) is 6.80. The molecule has 1 fully saturated rings. The van der Waals surface area contributed by atoms with Gasteiger partial charge in [-0.05, 0) is 13.0 Å². The monoisotopic (exact) mass is 310 g/mol. The van der Waals surface area contributed by atoms with Gasteiger partial charge in [0.1, 0.15) is 17.6 Å². The Morgan fingerprint density at radius 3 is 2.41 bits per heavy atom. The van der Waals surface area contributed by atoms with Crippen LogP contribution in [0.1, 0.15) is 25.5 Å². The third kappa shape index (κ3) is 2.70. The van der Waals surface area contributed by atoms with Crippen molar-refractivity contribution >= 4 is 17.7 Å². The van der Waals surface area contributed by atoms with E-state index in [0.29, 0.717) is 0 Å². The molecule has 1 heterocycles. The van der Waals surface area contributed by atoms with Crippen molar-refractivity contribution < 1.29 is 23.2 Å². The Morgan fingerprint density at radius 2 is 1.91 bits per heavy atom. The highest BCUT2D eigenvalue weighted by Crippen LogP contribution is 2.26. The van der Waals surface area contributed by atoms with Crippen LogP contribution < -0.4 is 5.32 Å². The summed E-state index contributed by atoms with van der Waals surface area (Å²) in [5, 5.41) is 2.50. The topological polar surface area (TPSA) is 66.5 Å². The van der Waals surface area contributed by atoms with E-state index in [4.69, 9.17) is 0 Å². The smallest absolute Gasteiger partial charge is 0.242 e. The summed E-state index contributed by atoms with van der Waals surface area (Å²) in [6.07, 6.45) is 0. The molecule has 3 unspecified atom stereocenters. The number of carbonyl (C=O) groups is 3. The molecule has 3 atom stereocenters. The molecule has 1 aromatic carbocycles. The number of imide groups is 1. The lowest BCUT2D eigenvalue weighted by molar-refractivity contribution is -0.139. The highest BCUT2D eigenvalue weighted by Gasteiger charge is 2.47. The Morgan fingerprint density at radius 1 is 1.27 bits per heavy atom. The molecule has 0 radical (unpaired) electrons. The van der Waals surface area contributed by atoms with Crippen LogP contribution in [0, 0.1) is 23.5 Å². The standard InChI is InChI=1S/C15H16F2N2O3/c1-7-12(15(22)19(3)14(7)21)13(20)18-8(2)10-5-4-9(16)6-11(10)17/h4-8,12H,1-3H3,(H,18,20). The lowest BCUT2D eigenvalue weighted by Crippen LogP contribution is -2.38. The molecule has 1 aliphatic heterocycles. The molecule has 0 aliphatic carbocycles. The maximum absolute atomic E-state index is 13.7. The molecular weight excluding hydrogens is 294 g/mol. The fourth-order valence-electron chi connectivity index (χ4n) is 2.55. The predicted octanol–water partition coefficient (Wildman–Crippen LogP) is 1.39. The van der Waals surface area contributed by atoms with E-state index in [2.05, 4.69) is 5.32 Å². The average Bonchev–Trinajstić information content (AvgIpc) is 2.62. The quantitative estimate of drug-likeness (QED) is 0.678. The first kappa shape index (κ1) is 16.1. The summed E-state index contributed by atoms with van der Waals surface area (Å²) in [5.74, 6) is -5.04. The minimum absolute atomic E-state index is 0.104. The van der Waals surface area contributed by atoms with Gasteiger partial charge in [0.2, 0.25) is 17.7 Å². The minimum Gasteiger partial charge on any atom is -0.349 e. The summed E-state index contributed by atoms with van der Waals surface area (Å²) in [5.41, 5.74) is 0.104. The fourth-order valence-corrected chi connectivity index (χ4v) is 2.55. The van der Waals surface area contributed by atoms with E-state index in [1.807, 2.05) is 0 Å². The zero-order valence-electron chi connectivity index (χ0n) is 12.4. The first-order chi connectivity index (χ1) is 10.2. The molecular formula is C15H16F2N2O3. The Labute approximate surface area is 126 Å². The van der Waals surface area contributed by atoms with Crippen molar-refractivity contribution in [3.8, 4) is 0 Å². The summed E-state index contributed by atoms with van der Waals surface area (Å²) < 4.78 is 26.6. The lowest BCUT2D eigenvalue weighted by Gasteiger charge is -2.18. The Bertz CT molecular complexity index is 648. The summed E-state index contributed by atoms with van der Waals surface area (Å²) >= 11 is 0. The molecule has 1 aliphatic rings. The normalized spacial score (nSPS) is 22.9. The van der Waals surface area contributed by atoms with E-state index >= 15 is 0 Å². The maximum atomic E-state index is 13.7. The molecule has 118 valence electrons. The van der Waals surface area contributed by atoms with E-state index in [-0.39, 0.29) is 5.56 Å². The first-order valence-electron chi connectivity index (χ1n) is 6.80. The molecule has 0 saturated carbocycles. The summed E-state index contributed by atoms with van der Waals surface area (Å²) in [4.78, 5) is 36.7. The zero-order valence-corrected chi connectivity index (χ0v) is 12.4. The second-order valence-electron chi connectivity index (χ2n) is 5.40. The fraction of sp³-hybridized carbons (Fsp3) is 0.400. The number of amides is 3. The number of hydrogen-bond donors (Lipinski definition) is 1. The number of benzene rings is 1. The van der Waals surface area contributed by atoms with E-state index < -0.39 is 47.2 Å². The van der Waals surface area contributed by atoms with E-state index in [1.165, 1.54) is 27.0 Å². The second kappa shape index (κ2) is 5.82. The zero-order chi connectivity index (χ0) is 16.6. The van der Waals surface area contributed by atoms with Crippen molar-refractivity contribution in [3.05, 3.63) is 35.4 Å².